The SMILES string of the molecule is CSc1c(C#N)c[c]cc1C#N. The van der Waals surface area contributed by atoms with E-state index in [2.05, 4.69) is 6.07 Å². The number of nitriles is 2. The third-order valence-corrected chi connectivity index (χ3v) is 2.24. The van der Waals surface area contributed by atoms with Gasteiger partial charge in [0.05, 0.1) is 11.1 Å². The number of rotatable bonds is 1. The molecular formula is C9H5N2S. The molecule has 0 aliphatic carbocycles. The molecule has 3 heteroatoms. The van der Waals surface area contributed by atoms with Gasteiger partial charge in [0.1, 0.15) is 12.1 Å². The monoisotopic (exact) mass is 173 g/mol. The molecule has 1 rings (SSSR count). The van der Waals surface area contributed by atoms with Gasteiger partial charge in [0.15, 0.2) is 0 Å². The molecule has 1 aromatic carbocycles. The van der Waals surface area contributed by atoms with Gasteiger partial charge >= 0.3 is 0 Å². The average Bonchev–Trinajstić information content (AvgIpc) is 2.16. The molecule has 57 valence electrons. The van der Waals surface area contributed by atoms with Gasteiger partial charge in [0.2, 0.25) is 0 Å². The van der Waals surface area contributed by atoms with Crippen LogP contribution in [0.1, 0.15) is 11.1 Å². The highest BCUT2D eigenvalue weighted by Crippen LogP contribution is 2.23. The summed E-state index contributed by atoms with van der Waals surface area (Å²) >= 11 is 1.41. The molecule has 0 unspecified atom stereocenters. The summed E-state index contributed by atoms with van der Waals surface area (Å²) in [7, 11) is 0. The van der Waals surface area contributed by atoms with Crippen LogP contribution < -0.4 is 0 Å². The largest absolute Gasteiger partial charge is 0.192 e. The fraction of sp³-hybridized carbons (Fsp3) is 0.111. The van der Waals surface area contributed by atoms with Crippen molar-refractivity contribution < 1.29 is 0 Å². The van der Waals surface area contributed by atoms with Crippen molar-refractivity contribution in [3.63, 3.8) is 0 Å². The van der Waals surface area contributed by atoms with Crippen molar-refractivity contribution in [1.29, 1.82) is 10.5 Å². The van der Waals surface area contributed by atoms with Crippen molar-refractivity contribution in [2.75, 3.05) is 6.26 Å². The molecule has 0 bridgehead atoms. The number of hydrogen-bond acceptors (Lipinski definition) is 3. The zero-order valence-corrected chi connectivity index (χ0v) is 7.27. The van der Waals surface area contributed by atoms with Crippen LogP contribution in [0, 0.1) is 28.7 Å². The molecule has 12 heavy (non-hydrogen) atoms. The van der Waals surface area contributed by atoms with Gasteiger partial charge in [0, 0.05) is 4.90 Å². The van der Waals surface area contributed by atoms with Crippen LogP contribution in [0.25, 0.3) is 0 Å². The lowest BCUT2D eigenvalue weighted by Crippen LogP contribution is -1.85. The zero-order chi connectivity index (χ0) is 8.97. The van der Waals surface area contributed by atoms with E-state index in [4.69, 9.17) is 10.5 Å². The van der Waals surface area contributed by atoms with Crippen molar-refractivity contribution in [1.82, 2.24) is 0 Å². The van der Waals surface area contributed by atoms with Crippen molar-refractivity contribution in [2.24, 2.45) is 0 Å². The van der Waals surface area contributed by atoms with Gasteiger partial charge in [-0.25, -0.2) is 0 Å². The summed E-state index contributed by atoms with van der Waals surface area (Å²) in [4.78, 5) is 0.735. The molecule has 1 radical (unpaired) electrons. The Labute approximate surface area is 75.4 Å². The van der Waals surface area contributed by atoms with Crippen LogP contribution in [-0.2, 0) is 0 Å². The fourth-order valence-corrected chi connectivity index (χ4v) is 1.52. The predicted molar refractivity (Wildman–Crippen MR) is 46.5 cm³/mol. The van der Waals surface area contributed by atoms with Crippen molar-refractivity contribution >= 4 is 11.8 Å². The Morgan fingerprint density at radius 3 is 2.08 bits per heavy atom. The number of nitrogens with zero attached hydrogens (tertiary/aromatic N) is 2. The first kappa shape index (κ1) is 8.64. The van der Waals surface area contributed by atoms with E-state index in [1.165, 1.54) is 11.8 Å². The minimum atomic E-state index is 0.515. The van der Waals surface area contributed by atoms with E-state index in [9.17, 15) is 0 Å². The Kier molecular flexibility index (Phi) is 2.74. The summed E-state index contributed by atoms with van der Waals surface area (Å²) in [6, 6.07) is 9.96. The lowest BCUT2D eigenvalue weighted by atomic mass is 10.1. The van der Waals surface area contributed by atoms with Gasteiger partial charge in [-0.15, -0.1) is 11.8 Å². The van der Waals surface area contributed by atoms with Gasteiger partial charge in [-0.1, -0.05) is 0 Å². The Balaban J connectivity index is 3.37. The van der Waals surface area contributed by atoms with Crippen LogP contribution in [0.5, 0.6) is 0 Å². The molecule has 0 heterocycles. The fourth-order valence-electron chi connectivity index (χ4n) is 0.871. The molecular weight excluding hydrogens is 168 g/mol. The molecule has 0 aromatic heterocycles. The Morgan fingerprint density at radius 2 is 1.75 bits per heavy atom. The molecule has 0 aliphatic heterocycles. The first-order valence-corrected chi connectivity index (χ1v) is 4.44. The second-order valence-corrected chi connectivity index (χ2v) is 2.86. The van der Waals surface area contributed by atoms with Gasteiger partial charge < -0.3 is 0 Å². The van der Waals surface area contributed by atoms with E-state index in [0.717, 1.165) is 4.90 Å². The summed E-state index contributed by atoms with van der Waals surface area (Å²) in [6.45, 7) is 0. The van der Waals surface area contributed by atoms with Gasteiger partial charge in [-0.3, -0.25) is 0 Å². The van der Waals surface area contributed by atoms with Crippen molar-refractivity contribution in [3.05, 3.63) is 29.3 Å². The first-order chi connectivity index (χ1) is 5.83. The summed E-state index contributed by atoms with van der Waals surface area (Å²) in [5, 5.41) is 17.4. The smallest absolute Gasteiger partial charge is 0.100 e. The maximum Gasteiger partial charge on any atom is 0.100 e. The highest BCUT2D eigenvalue weighted by molar-refractivity contribution is 7.98. The quantitative estimate of drug-likeness (QED) is 0.610. The number of thioether (sulfide) groups is 1. The highest BCUT2D eigenvalue weighted by atomic mass is 32.2. The van der Waals surface area contributed by atoms with Crippen LogP contribution in [0.3, 0.4) is 0 Å². The lowest BCUT2D eigenvalue weighted by Gasteiger charge is -1.99. The second-order valence-electron chi connectivity index (χ2n) is 2.04. The van der Waals surface area contributed by atoms with E-state index >= 15 is 0 Å². The Bertz CT molecular complexity index is 339. The third kappa shape index (κ3) is 1.42. The molecule has 2 nitrogen and oxygen atoms in total. The third-order valence-electron chi connectivity index (χ3n) is 1.39. The summed E-state index contributed by atoms with van der Waals surface area (Å²) < 4.78 is 0. The molecule has 0 saturated heterocycles. The molecule has 0 amide bonds. The Hall–Kier alpha value is -1.45. The molecule has 0 N–H and O–H groups in total. The number of benzene rings is 1. The molecule has 0 saturated carbocycles. The van der Waals surface area contributed by atoms with Crippen LogP contribution >= 0.6 is 11.8 Å². The number of hydrogen-bond donors (Lipinski definition) is 0. The minimum absolute atomic E-state index is 0.515. The van der Waals surface area contributed by atoms with Gasteiger partial charge in [-0.2, -0.15) is 10.5 Å². The van der Waals surface area contributed by atoms with E-state index in [1.807, 2.05) is 18.4 Å². The van der Waals surface area contributed by atoms with Crippen LogP contribution in [-0.4, -0.2) is 6.26 Å². The Morgan fingerprint density at radius 1 is 1.25 bits per heavy atom. The van der Waals surface area contributed by atoms with Crippen LogP contribution in [0.2, 0.25) is 0 Å². The molecule has 0 aliphatic rings. The van der Waals surface area contributed by atoms with E-state index in [1.54, 1.807) is 12.1 Å². The maximum absolute atomic E-state index is 8.68. The molecule has 0 atom stereocenters. The van der Waals surface area contributed by atoms with Crippen LogP contribution in [0.15, 0.2) is 17.0 Å². The predicted octanol–water partition coefficient (Wildman–Crippen LogP) is 1.95. The topological polar surface area (TPSA) is 47.6 Å². The highest BCUT2D eigenvalue weighted by Gasteiger charge is 2.05. The normalized spacial score (nSPS) is 8.58. The van der Waals surface area contributed by atoms with E-state index in [-0.39, 0.29) is 0 Å². The average molecular weight is 173 g/mol. The summed E-state index contributed by atoms with van der Waals surface area (Å²) in [5.74, 6) is 0. The molecule has 0 fully saturated rings. The first-order valence-electron chi connectivity index (χ1n) is 3.21. The van der Waals surface area contributed by atoms with Gasteiger partial charge in [0.25, 0.3) is 0 Å². The van der Waals surface area contributed by atoms with Crippen molar-refractivity contribution in [2.45, 2.75) is 4.90 Å². The van der Waals surface area contributed by atoms with E-state index in [0.29, 0.717) is 11.1 Å². The van der Waals surface area contributed by atoms with Gasteiger partial charge in [-0.05, 0) is 24.5 Å². The molecule has 0 spiro atoms. The minimum Gasteiger partial charge on any atom is -0.192 e. The second kappa shape index (κ2) is 3.80. The zero-order valence-electron chi connectivity index (χ0n) is 6.46. The summed E-state index contributed by atoms with van der Waals surface area (Å²) in [6.07, 6.45) is 1.84. The van der Waals surface area contributed by atoms with Crippen LogP contribution in [0.4, 0.5) is 0 Å². The lowest BCUT2D eigenvalue weighted by molar-refractivity contribution is 1.32. The standard InChI is InChI=1S/C9H5N2S/c1-12-9-7(5-10)3-2-4-8(9)6-11/h3-4H,1H3. The van der Waals surface area contributed by atoms with Crippen molar-refractivity contribution in [3.8, 4) is 12.1 Å². The summed E-state index contributed by atoms with van der Waals surface area (Å²) in [5.41, 5.74) is 1.03. The maximum atomic E-state index is 8.68. The molecule has 1 aromatic rings. The van der Waals surface area contributed by atoms with E-state index < -0.39 is 0 Å².